The van der Waals surface area contributed by atoms with Crippen molar-refractivity contribution in [2.75, 3.05) is 26.5 Å². The summed E-state index contributed by atoms with van der Waals surface area (Å²) < 4.78 is 22.1. The minimum absolute atomic E-state index is 0.0631. The largest absolute Gasteiger partial charge is 0.493 e. The highest BCUT2D eigenvalue weighted by atomic mass is 16.7. The van der Waals surface area contributed by atoms with Crippen molar-refractivity contribution in [2.24, 2.45) is 5.92 Å². The van der Waals surface area contributed by atoms with Gasteiger partial charge in [-0.05, 0) is 70.7 Å². The number of carbonyl (C=O) groups is 7. The molecule has 1 aromatic carbocycles. The molecule has 0 aliphatic carbocycles. The molecule has 0 saturated heterocycles. The first-order chi connectivity index (χ1) is 28.3. The maximum Gasteiger partial charge on any atom is 0.431 e. The maximum atomic E-state index is 13.5. The van der Waals surface area contributed by atoms with Crippen LogP contribution in [0.5, 0.6) is 5.75 Å². The highest BCUT2D eigenvalue weighted by Crippen LogP contribution is 2.29. The Morgan fingerprint density at radius 3 is 2.14 bits per heavy atom. The first kappa shape index (κ1) is 49.5. The van der Waals surface area contributed by atoms with E-state index >= 15 is 0 Å². The first-order valence-corrected chi connectivity index (χ1v) is 20.6. The Hall–Kier alpha value is -5.61. The van der Waals surface area contributed by atoms with Crippen LogP contribution in [0.4, 0.5) is 4.79 Å². The maximum absolute atomic E-state index is 13.5. The Balaban J connectivity index is 2.18. The van der Waals surface area contributed by atoms with Gasteiger partial charge in [-0.15, -0.1) is 0 Å². The molecule has 328 valence electrons. The SMILES string of the molecule is CCCCC[C@@H](C(=O)NCNC(=O)c1ccc(-c2ccc(C(=O)N[C@@H](CC(=O)OCCCC)C(=O)OCCCC)c(OCC)c2)o1)[C@@H](CC)N(C=O)OC(=O)NC(C)C. The highest BCUT2D eigenvalue weighted by Gasteiger charge is 2.34. The fourth-order valence-corrected chi connectivity index (χ4v) is 5.87. The third-order valence-electron chi connectivity index (χ3n) is 8.98. The van der Waals surface area contributed by atoms with Gasteiger partial charge in [0.1, 0.15) is 17.6 Å². The number of ether oxygens (including phenoxy) is 3. The lowest BCUT2D eigenvalue weighted by Gasteiger charge is -2.32. The Kier molecular flexibility index (Phi) is 22.8. The molecule has 0 saturated carbocycles. The number of carbonyl (C=O) groups excluding carboxylic acids is 7. The van der Waals surface area contributed by atoms with E-state index in [0.29, 0.717) is 44.1 Å². The molecule has 4 N–H and O–H groups in total. The van der Waals surface area contributed by atoms with Crippen molar-refractivity contribution in [3.05, 3.63) is 41.7 Å². The molecule has 2 rings (SSSR count). The summed E-state index contributed by atoms with van der Waals surface area (Å²) in [4.78, 5) is 94.9. The van der Waals surface area contributed by atoms with E-state index in [-0.39, 0.29) is 55.4 Å². The molecule has 17 heteroatoms. The lowest BCUT2D eigenvalue weighted by Crippen LogP contribution is -2.50. The number of unbranched alkanes of at least 4 members (excludes halogenated alkanes) is 4. The number of hydrogen-bond donors (Lipinski definition) is 4. The van der Waals surface area contributed by atoms with Crippen molar-refractivity contribution < 1.29 is 57.0 Å². The average molecular weight is 830 g/mol. The third-order valence-corrected chi connectivity index (χ3v) is 8.98. The van der Waals surface area contributed by atoms with E-state index in [2.05, 4.69) is 21.3 Å². The molecule has 0 bridgehead atoms. The fraction of sp³-hybridized carbons (Fsp3) is 0.595. The Morgan fingerprint density at radius 2 is 1.51 bits per heavy atom. The standard InChI is InChI=1S/C42H63N5O12/c1-8-13-16-17-30(33(11-4)47(27-48)59-42(54)45-28(6)7)38(50)43-26-44-40(52)35-21-20-34(58-35)29-18-19-31(36(24-29)55-12-5)39(51)46-32(41(53)57-23-15-10-3)25-37(49)56-22-14-9-2/h18-21,24,27-28,30,32-33H,8-17,22-23,25-26H2,1-7H3,(H,43,50)(H,44,52)(H,45,54)(H,46,51)/t30-,32+,33-/m1/s1. The summed E-state index contributed by atoms with van der Waals surface area (Å²) in [6.07, 6.45) is 5.22. The van der Waals surface area contributed by atoms with Gasteiger partial charge in [0.05, 0.1) is 50.4 Å². The van der Waals surface area contributed by atoms with Crippen molar-refractivity contribution in [3.8, 4) is 17.1 Å². The van der Waals surface area contributed by atoms with Crippen molar-refractivity contribution in [1.82, 2.24) is 26.3 Å². The normalized spacial score (nSPS) is 12.3. The molecule has 59 heavy (non-hydrogen) atoms. The lowest BCUT2D eigenvalue weighted by atomic mass is 9.90. The second-order valence-corrected chi connectivity index (χ2v) is 14.1. The van der Waals surface area contributed by atoms with Crippen LogP contribution in [-0.4, -0.2) is 91.8 Å². The summed E-state index contributed by atoms with van der Waals surface area (Å²) in [5.74, 6) is -3.51. The molecule has 1 aromatic heterocycles. The second-order valence-electron chi connectivity index (χ2n) is 14.1. The van der Waals surface area contributed by atoms with E-state index in [1.54, 1.807) is 45.9 Å². The molecule has 0 unspecified atom stereocenters. The molecule has 17 nitrogen and oxygen atoms in total. The van der Waals surface area contributed by atoms with Crippen LogP contribution in [-0.2, 0) is 33.5 Å². The quantitative estimate of drug-likeness (QED) is 0.0263. The van der Waals surface area contributed by atoms with Gasteiger partial charge in [0.25, 0.3) is 11.8 Å². The summed E-state index contributed by atoms with van der Waals surface area (Å²) in [5, 5.41) is 11.3. The zero-order valence-corrected chi connectivity index (χ0v) is 35.5. The smallest absolute Gasteiger partial charge is 0.431 e. The van der Waals surface area contributed by atoms with Crippen LogP contribution in [0.1, 0.15) is 134 Å². The number of hydrogen-bond acceptors (Lipinski definition) is 12. The summed E-state index contributed by atoms with van der Waals surface area (Å²) >= 11 is 0. The predicted octanol–water partition coefficient (Wildman–Crippen LogP) is 5.81. The van der Waals surface area contributed by atoms with Gasteiger partial charge in [-0.25, -0.2) is 9.59 Å². The topological polar surface area (TPSA) is 221 Å². The zero-order valence-electron chi connectivity index (χ0n) is 35.5. The van der Waals surface area contributed by atoms with E-state index in [9.17, 15) is 33.6 Å². The molecular formula is C42H63N5O12. The van der Waals surface area contributed by atoms with Crippen LogP contribution >= 0.6 is 0 Å². The molecular weight excluding hydrogens is 766 g/mol. The van der Waals surface area contributed by atoms with Crippen molar-refractivity contribution in [1.29, 1.82) is 0 Å². The van der Waals surface area contributed by atoms with Gasteiger partial charge in [-0.3, -0.25) is 24.0 Å². The molecule has 0 radical (unpaired) electrons. The Bertz CT molecular complexity index is 1660. The lowest BCUT2D eigenvalue weighted by molar-refractivity contribution is -0.169. The number of benzene rings is 1. The monoisotopic (exact) mass is 829 g/mol. The minimum Gasteiger partial charge on any atom is -0.493 e. The van der Waals surface area contributed by atoms with Crippen LogP contribution in [0.2, 0.25) is 0 Å². The molecule has 1 heterocycles. The summed E-state index contributed by atoms with van der Waals surface area (Å²) in [6, 6.07) is 5.34. The molecule has 2 aromatic rings. The molecule has 0 fully saturated rings. The zero-order chi connectivity index (χ0) is 43.7. The number of nitrogens with one attached hydrogen (secondary N) is 4. The molecule has 3 atom stereocenters. The predicted molar refractivity (Wildman–Crippen MR) is 218 cm³/mol. The number of amides is 5. The van der Waals surface area contributed by atoms with E-state index < -0.39 is 60.2 Å². The number of hydroxylamine groups is 2. The first-order valence-electron chi connectivity index (χ1n) is 20.6. The number of esters is 2. The highest BCUT2D eigenvalue weighted by molar-refractivity contribution is 6.00. The Labute approximate surface area is 346 Å². The molecule has 0 spiro atoms. The van der Waals surface area contributed by atoms with Gasteiger partial charge in [-0.2, -0.15) is 5.06 Å². The van der Waals surface area contributed by atoms with Gasteiger partial charge >= 0.3 is 18.0 Å². The van der Waals surface area contributed by atoms with Crippen LogP contribution in [0.15, 0.2) is 34.7 Å². The van der Waals surface area contributed by atoms with Crippen LogP contribution in [0.25, 0.3) is 11.3 Å². The number of furan rings is 1. The second kappa shape index (κ2) is 27.1. The van der Waals surface area contributed by atoms with Crippen molar-refractivity contribution in [3.63, 3.8) is 0 Å². The van der Waals surface area contributed by atoms with E-state index in [1.165, 1.54) is 12.1 Å². The van der Waals surface area contributed by atoms with Crippen molar-refractivity contribution in [2.45, 2.75) is 131 Å². The Morgan fingerprint density at radius 1 is 0.814 bits per heavy atom. The summed E-state index contributed by atoms with van der Waals surface area (Å²) in [5.41, 5.74) is 0.554. The van der Waals surface area contributed by atoms with E-state index in [0.717, 1.165) is 30.7 Å². The minimum atomic E-state index is -1.29. The van der Waals surface area contributed by atoms with Crippen LogP contribution < -0.4 is 26.0 Å². The number of rotatable bonds is 28. The number of nitrogens with zero attached hydrogens (tertiary/aromatic N) is 1. The van der Waals surface area contributed by atoms with Crippen molar-refractivity contribution >= 4 is 42.2 Å². The van der Waals surface area contributed by atoms with Gasteiger partial charge in [0.2, 0.25) is 12.3 Å². The average Bonchev–Trinajstić information content (AvgIpc) is 3.70. The third kappa shape index (κ3) is 17.0. The van der Waals surface area contributed by atoms with E-state index in [4.69, 9.17) is 23.5 Å². The van der Waals surface area contributed by atoms with Crippen LogP contribution in [0.3, 0.4) is 0 Å². The molecule has 0 aliphatic heterocycles. The summed E-state index contributed by atoms with van der Waals surface area (Å²) in [7, 11) is 0. The molecule has 5 amide bonds. The van der Waals surface area contributed by atoms with Gasteiger partial charge in [0, 0.05) is 11.6 Å². The fourth-order valence-electron chi connectivity index (χ4n) is 5.87. The van der Waals surface area contributed by atoms with Gasteiger partial charge in [0.15, 0.2) is 5.76 Å². The van der Waals surface area contributed by atoms with Gasteiger partial charge < -0.3 is 44.7 Å². The van der Waals surface area contributed by atoms with E-state index in [1.807, 2.05) is 20.8 Å². The molecule has 0 aliphatic rings. The summed E-state index contributed by atoms with van der Waals surface area (Å²) in [6.45, 7) is 13.2. The van der Waals surface area contributed by atoms with Crippen LogP contribution in [0, 0.1) is 5.92 Å². The van der Waals surface area contributed by atoms with Gasteiger partial charge in [-0.1, -0.05) is 65.9 Å².